The van der Waals surface area contributed by atoms with E-state index in [1.807, 2.05) is 23.1 Å². The first-order valence-corrected chi connectivity index (χ1v) is 16.2. The molecule has 3 rings (SSSR count). The van der Waals surface area contributed by atoms with Crippen molar-refractivity contribution in [3.63, 3.8) is 0 Å². The molecule has 0 nitrogen and oxygen atoms in total. The molecule has 0 fully saturated rings. The Morgan fingerprint density at radius 3 is 1.45 bits per heavy atom. The monoisotopic (exact) mass is 620 g/mol. The average molecular weight is 621 g/mol. The van der Waals surface area contributed by atoms with Crippen LogP contribution < -0.4 is 0 Å². The highest BCUT2D eigenvalue weighted by Crippen LogP contribution is 2.49. The first-order chi connectivity index (χ1) is 18.8. The van der Waals surface area contributed by atoms with Gasteiger partial charge in [0.15, 0.2) is 0 Å². The zero-order valence-corrected chi connectivity index (χ0v) is 29.1. The molecule has 1 atom stereocenters. The van der Waals surface area contributed by atoms with E-state index in [9.17, 15) is 17.3 Å². The molecule has 2 aromatic rings. The van der Waals surface area contributed by atoms with Gasteiger partial charge in [-0.2, -0.15) is 0 Å². The summed E-state index contributed by atoms with van der Waals surface area (Å²) in [5, 5.41) is 0. The summed E-state index contributed by atoms with van der Waals surface area (Å²) in [6.45, 7) is 28.0. The number of hydrogen-bond donors (Lipinski definition) is 0. The summed E-state index contributed by atoms with van der Waals surface area (Å²) in [5.74, 6) is 0.308. The molecular formula is C35H49BF4S2. The first kappa shape index (κ1) is 36.3. The lowest BCUT2D eigenvalue weighted by atomic mass is 9.86. The van der Waals surface area contributed by atoms with E-state index >= 15 is 0 Å². The molecule has 42 heavy (non-hydrogen) atoms. The molecule has 0 saturated carbocycles. The molecule has 1 aliphatic heterocycles. The molecule has 0 aliphatic carbocycles. The number of halogens is 4. The minimum atomic E-state index is -6.00. The molecule has 0 saturated heterocycles. The Morgan fingerprint density at radius 1 is 0.690 bits per heavy atom. The largest absolute Gasteiger partial charge is 0.673 e. The van der Waals surface area contributed by atoms with Gasteiger partial charge in [-0.05, 0) is 55.9 Å². The second kappa shape index (κ2) is 13.4. The molecule has 0 radical (unpaired) electrons. The van der Waals surface area contributed by atoms with Gasteiger partial charge in [0.2, 0.25) is 21.1 Å². The van der Waals surface area contributed by atoms with E-state index in [0.717, 1.165) is 6.42 Å². The summed E-state index contributed by atoms with van der Waals surface area (Å²) in [7, 11) is -6.00. The van der Waals surface area contributed by atoms with Crippen LogP contribution >= 0.6 is 23.1 Å². The summed E-state index contributed by atoms with van der Waals surface area (Å²) in [4.78, 5) is 5.83. The van der Waals surface area contributed by atoms with Gasteiger partial charge in [-0.3, -0.25) is 0 Å². The molecule has 0 amide bonds. The van der Waals surface area contributed by atoms with Gasteiger partial charge >= 0.3 is 7.25 Å². The molecular weight excluding hydrogens is 571 g/mol. The molecule has 0 N–H and O–H groups in total. The van der Waals surface area contributed by atoms with Crippen molar-refractivity contribution in [1.29, 1.82) is 0 Å². The third-order valence-corrected chi connectivity index (χ3v) is 10.5. The van der Waals surface area contributed by atoms with Crippen LogP contribution in [0.5, 0.6) is 0 Å². The fourth-order valence-electron chi connectivity index (χ4n) is 4.23. The van der Waals surface area contributed by atoms with Gasteiger partial charge in [0.05, 0.1) is 0 Å². The number of allylic oxidation sites excluding steroid dienone is 6. The van der Waals surface area contributed by atoms with Crippen LogP contribution in [0.1, 0.15) is 110 Å². The third kappa shape index (κ3) is 12.0. The molecule has 1 aromatic heterocycles. The van der Waals surface area contributed by atoms with Gasteiger partial charge in [-0.1, -0.05) is 131 Å². The predicted molar refractivity (Wildman–Crippen MR) is 180 cm³/mol. The van der Waals surface area contributed by atoms with Crippen molar-refractivity contribution in [1.82, 2.24) is 0 Å². The predicted octanol–water partition coefficient (Wildman–Crippen LogP) is 12.8. The van der Waals surface area contributed by atoms with E-state index in [0.29, 0.717) is 5.92 Å². The Labute approximate surface area is 260 Å². The van der Waals surface area contributed by atoms with Crippen molar-refractivity contribution < 1.29 is 17.3 Å². The topological polar surface area (TPSA) is 0 Å². The quantitative estimate of drug-likeness (QED) is 0.186. The molecule has 1 unspecified atom stereocenters. The van der Waals surface area contributed by atoms with Crippen LogP contribution in [0.3, 0.4) is 0 Å². The summed E-state index contributed by atoms with van der Waals surface area (Å²) in [6.07, 6.45) is 8.39. The maximum absolute atomic E-state index is 9.75. The Kier molecular flexibility index (Phi) is 11.6. The third-order valence-electron chi connectivity index (χ3n) is 6.70. The van der Waals surface area contributed by atoms with Crippen molar-refractivity contribution >= 4 is 30.4 Å². The van der Waals surface area contributed by atoms with Crippen molar-refractivity contribution in [2.75, 3.05) is 0 Å². The lowest BCUT2D eigenvalue weighted by Crippen LogP contribution is -2.16. The van der Waals surface area contributed by atoms with Crippen LogP contribution in [0.4, 0.5) is 17.3 Å². The van der Waals surface area contributed by atoms with Crippen LogP contribution in [-0.4, -0.2) is 7.25 Å². The van der Waals surface area contributed by atoms with Gasteiger partial charge in [0.25, 0.3) is 0 Å². The van der Waals surface area contributed by atoms with E-state index in [1.54, 1.807) is 0 Å². The lowest BCUT2D eigenvalue weighted by Gasteiger charge is -2.32. The number of thioether (sulfide) groups is 1. The van der Waals surface area contributed by atoms with E-state index in [-0.39, 0.29) is 21.7 Å². The van der Waals surface area contributed by atoms with Gasteiger partial charge in [-0.15, -0.1) is 0 Å². The fraction of sp³-hybridized carbons (Fsp3) is 0.514. The van der Waals surface area contributed by atoms with Gasteiger partial charge in [0.1, 0.15) is 0 Å². The molecule has 7 heteroatoms. The second-order valence-electron chi connectivity index (χ2n) is 15.2. The summed E-state index contributed by atoms with van der Waals surface area (Å²) < 4.78 is 39.0. The van der Waals surface area contributed by atoms with Crippen molar-refractivity contribution in [2.24, 2.45) is 10.8 Å². The van der Waals surface area contributed by atoms with Crippen LogP contribution in [-0.2, 0) is 17.3 Å². The Balaban J connectivity index is 0.00000113. The van der Waals surface area contributed by atoms with Crippen LogP contribution in [0.25, 0.3) is 0 Å². The van der Waals surface area contributed by atoms with Crippen LogP contribution in [0.15, 0.2) is 76.1 Å². The van der Waals surface area contributed by atoms with Crippen molar-refractivity contribution in [3.8, 4) is 0 Å². The highest BCUT2D eigenvalue weighted by Gasteiger charge is 2.33. The molecule has 232 valence electrons. The maximum Gasteiger partial charge on any atom is 0.673 e. The number of rotatable bonds is 4. The molecule has 0 spiro atoms. The van der Waals surface area contributed by atoms with E-state index in [1.165, 1.54) is 36.3 Å². The van der Waals surface area contributed by atoms with Gasteiger partial charge in [-0.25, -0.2) is 0 Å². The zero-order chi connectivity index (χ0) is 32.3. The SMILES string of the molecule is CC(C)(C)C1=CC(=CC(Cc2cc(C(C)(C)C)[s+]c(C(C)(C)C)c2)c2ccccc2)C=C(C(C)(C)C)S1.F[B-](F)(F)F. The van der Waals surface area contributed by atoms with Crippen LogP contribution in [0.2, 0.25) is 0 Å². The van der Waals surface area contributed by atoms with Crippen molar-refractivity contribution in [3.05, 3.63) is 97.0 Å². The van der Waals surface area contributed by atoms with E-state index in [4.69, 9.17) is 0 Å². The first-order valence-electron chi connectivity index (χ1n) is 14.6. The van der Waals surface area contributed by atoms with Gasteiger partial charge < -0.3 is 17.3 Å². The molecule has 0 bridgehead atoms. The number of hydrogen-bond acceptors (Lipinski definition) is 1. The summed E-state index contributed by atoms with van der Waals surface area (Å²) >= 11 is 3.95. The normalized spacial score (nSPS) is 15.8. The molecule has 2 heterocycles. The second-order valence-corrected chi connectivity index (χ2v) is 17.4. The minimum Gasteiger partial charge on any atom is -0.418 e. The van der Waals surface area contributed by atoms with Gasteiger partial charge in [0, 0.05) is 28.9 Å². The zero-order valence-electron chi connectivity index (χ0n) is 27.5. The van der Waals surface area contributed by atoms with Crippen molar-refractivity contribution in [2.45, 2.75) is 106 Å². The Bertz CT molecular complexity index is 1220. The fourth-order valence-corrected chi connectivity index (χ4v) is 6.74. The Hall–Kier alpha value is -1.86. The average Bonchev–Trinajstić information content (AvgIpc) is 2.80. The highest BCUT2D eigenvalue weighted by atomic mass is 32.2. The number of benzene rings is 1. The smallest absolute Gasteiger partial charge is 0.418 e. The van der Waals surface area contributed by atoms with E-state index < -0.39 is 7.25 Å². The Morgan fingerprint density at radius 2 is 1.10 bits per heavy atom. The van der Waals surface area contributed by atoms with Crippen LogP contribution in [0, 0.1) is 10.8 Å². The highest BCUT2D eigenvalue weighted by molar-refractivity contribution is 8.06. The minimum absolute atomic E-state index is 0.126. The summed E-state index contributed by atoms with van der Waals surface area (Å²) in [6, 6.07) is 16.0. The standard InChI is InChI=1S/C35H49S2.BF4/c1-32(2,3)28-20-24(21-29(36-28)33(4,5)6)18-27(26-16-14-13-15-17-26)19-25-22-30(34(7,8)9)37-31(23-25)35(10,11)12;2-1(3,4)5/h13-18,20-23,27H,19H2,1-12H3;/q+1;-1. The molecule has 1 aromatic carbocycles. The maximum atomic E-state index is 9.75. The lowest BCUT2D eigenvalue weighted by molar-refractivity contribution is 0.368. The van der Waals surface area contributed by atoms with E-state index in [2.05, 4.69) is 144 Å². The molecule has 1 aliphatic rings. The summed E-state index contributed by atoms with van der Waals surface area (Å²) in [5.41, 5.74) is 4.68.